The number of allylic oxidation sites excluding steroid dienone is 2. The second-order valence-corrected chi connectivity index (χ2v) is 5.47. The summed E-state index contributed by atoms with van der Waals surface area (Å²) in [6.45, 7) is 0.709. The fourth-order valence-corrected chi connectivity index (χ4v) is 2.31. The first-order valence-corrected chi connectivity index (χ1v) is 7.04. The lowest BCUT2D eigenvalue weighted by atomic mass is 10.1. The molecule has 126 valence electrons. The van der Waals surface area contributed by atoms with Crippen molar-refractivity contribution in [2.24, 2.45) is 0 Å². The van der Waals surface area contributed by atoms with Gasteiger partial charge in [0, 0.05) is 31.1 Å². The van der Waals surface area contributed by atoms with E-state index in [2.05, 4.69) is 4.98 Å². The van der Waals surface area contributed by atoms with E-state index in [9.17, 15) is 26.7 Å². The molecule has 0 unspecified atom stereocenters. The van der Waals surface area contributed by atoms with E-state index in [1.165, 1.54) is 6.20 Å². The molecular formula is C14H12ClF5N2O. The second-order valence-electron chi connectivity index (χ2n) is 5.09. The van der Waals surface area contributed by atoms with Gasteiger partial charge >= 0.3 is 12.1 Å². The van der Waals surface area contributed by atoms with E-state index in [1.807, 2.05) is 0 Å². The molecule has 0 N–H and O–H groups in total. The van der Waals surface area contributed by atoms with Crippen molar-refractivity contribution in [1.82, 2.24) is 9.88 Å². The van der Waals surface area contributed by atoms with Gasteiger partial charge in [0.15, 0.2) is 0 Å². The third-order valence-corrected chi connectivity index (χ3v) is 3.62. The molecule has 1 aromatic rings. The standard InChI is InChI=1S/C14H12ClF5N2O/c15-12-4-3-9(7-21-12)8-22-5-1-2-10(22)6-11(23)13(16,17)14(18,19)20/h3-4,6-7H,1-2,5,8H2. The highest BCUT2D eigenvalue weighted by molar-refractivity contribution is 6.29. The van der Waals surface area contributed by atoms with Gasteiger partial charge in [-0.3, -0.25) is 4.79 Å². The lowest BCUT2D eigenvalue weighted by Gasteiger charge is -2.21. The van der Waals surface area contributed by atoms with Gasteiger partial charge in [-0.05, 0) is 24.5 Å². The van der Waals surface area contributed by atoms with Crippen molar-refractivity contribution in [3.8, 4) is 0 Å². The third kappa shape index (κ3) is 3.99. The van der Waals surface area contributed by atoms with E-state index in [-0.39, 0.29) is 23.8 Å². The van der Waals surface area contributed by atoms with Gasteiger partial charge in [-0.1, -0.05) is 17.7 Å². The Hall–Kier alpha value is -1.70. The van der Waals surface area contributed by atoms with Crippen molar-refractivity contribution < 1.29 is 26.7 Å². The molecule has 2 rings (SSSR count). The molecule has 9 heteroatoms. The van der Waals surface area contributed by atoms with E-state index >= 15 is 0 Å². The Kier molecular flexibility index (Phi) is 4.93. The Labute approximate surface area is 133 Å². The smallest absolute Gasteiger partial charge is 0.370 e. The van der Waals surface area contributed by atoms with Gasteiger partial charge < -0.3 is 4.90 Å². The molecule has 0 aliphatic carbocycles. The largest absolute Gasteiger partial charge is 0.461 e. The van der Waals surface area contributed by atoms with Gasteiger partial charge in [-0.25, -0.2) is 4.98 Å². The number of rotatable bonds is 4. The highest BCUT2D eigenvalue weighted by Gasteiger charge is 2.62. The van der Waals surface area contributed by atoms with E-state index < -0.39 is 17.9 Å². The molecule has 1 fully saturated rings. The molecule has 0 radical (unpaired) electrons. The van der Waals surface area contributed by atoms with Crippen molar-refractivity contribution in [2.45, 2.75) is 31.5 Å². The number of ketones is 1. The van der Waals surface area contributed by atoms with E-state index in [0.717, 1.165) is 0 Å². The predicted octanol–water partition coefficient (Wildman–Crippen LogP) is 3.98. The summed E-state index contributed by atoms with van der Waals surface area (Å²) in [6.07, 6.45) is -3.20. The zero-order valence-electron chi connectivity index (χ0n) is 11.7. The molecule has 0 aromatic carbocycles. The van der Waals surface area contributed by atoms with Gasteiger partial charge in [0.2, 0.25) is 5.78 Å². The average Bonchev–Trinajstić information content (AvgIpc) is 2.87. The van der Waals surface area contributed by atoms with Crippen molar-refractivity contribution >= 4 is 17.4 Å². The number of carbonyl (C=O) groups is 1. The molecular weight excluding hydrogens is 343 g/mol. The van der Waals surface area contributed by atoms with Crippen LogP contribution in [0, 0.1) is 0 Å². The lowest BCUT2D eigenvalue weighted by molar-refractivity contribution is -0.266. The summed E-state index contributed by atoms with van der Waals surface area (Å²) >= 11 is 5.65. The Morgan fingerprint density at radius 3 is 2.57 bits per heavy atom. The first-order valence-electron chi connectivity index (χ1n) is 6.66. The number of likely N-dealkylation sites (tertiary alicyclic amines) is 1. The van der Waals surface area contributed by atoms with Crippen molar-refractivity contribution in [2.75, 3.05) is 6.54 Å². The minimum atomic E-state index is -5.90. The average molecular weight is 355 g/mol. The zero-order chi connectivity index (χ0) is 17.3. The van der Waals surface area contributed by atoms with Crippen LogP contribution in [0.15, 0.2) is 30.1 Å². The monoisotopic (exact) mass is 354 g/mol. The quantitative estimate of drug-likeness (QED) is 0.466. The summed E-state index contributed by atoms with van der Waals surface area (Å²) < 4.78 is 62.6. The summed E-state index contributed by atoms with van der Waals surface area (Å²) in [4.78, 5) is 16.7. The number of alkyl halides is 5. The molecule has 0 atom stereocenters. The fourth-order valence-electron chi connectivity index (χ4n) is 2.20. The minimum Gasteiger partial charge on any atom is -0.370 e. The van der Waals surface area contributed by atoms with Gasteiger partial charge in [-0.2, -0.15) is 22.0 Å². The predicted molar refractivity (Wildman–Crippen MR) is 73.0 cm³/mol. The maximum absolute atomic E-state index is 13.0. The molecule has 1 saturated heterocycles. The van der Waals surface area contributed by atoms with Crippen LogP contribution in [0.5, 0.6) is 0 Å². The number of aromatic nitrogens is 1. The van der Waals surface area contributed by atoms with Crippen molar-refractivity contribution in [3.63, 3.8) is 0 Å². The summed E-state index contributed by atoms with van der Waals surface area (Å²) in [5, 5.41) is 0.283. The Balaban J connectivity index is 2.15. The second kappa shape index (κ2) is 6.43. The molecule has 2 heterocycles. The van der Waals surface area contributed by atoms with Crippen LogP contribution in [-0.4, -0.2) is 34.3 Å². The van der Waals surface area contributed by atoms with Crippen LogP contribution in [0.3, 0.4) is 0 Å². The van der Waals surface area contributed by atoms with E-state index in [1.54, 1.807) is 17.0 Å². The van der Waals surface area contributed by atoms with Crippen LogP contribution in [-0.2, 0) is 11.3 Å². The molecule has 1 aliphatic heterocycles. The number of nitrogens with zero attached hydrogens (tertiary/aromatic N) is 2. The first kappa shape index (κ1) is 17.7. The minimum absolute atomic E-state index is 0.161. The molecule has 1 aromatic heterocycles. The van der Waals surface area contributed by atoms with E-state index in [4.69, 9.17) is 11.6 Å². The molecule has 1 aliphatic rings. The van der Waals surface area contributed by atoms with Crippen LogP contribution in [0.25, 0.3) is 0 Å². The normalized spacial score (nSPS) is 17.8. The van der Waals surface area contributed by atoms with Crippen LogP contribution in [0.2, 0.25) is 5.15 Å². The Morgan fingerprint density at radius 2 is 2.00 bits per heavy atom. The van der Waals surface area contributed by atoms with Gasteiger partial charge in [0.1, 0.15) is 5.15 Å². The number of halogens is 6. The van der Waals surface area contributed by atoms with Crippen LogP contribution >= 0.6 is 11.6 Å². The summed E-state index contributed by atoms with van der Waals surface area (Å²) in [5.74, 6) is -7.63. The van der Waals surface area contributed by atoms with Crippen molar-refractivity contribution in [1.29, 1.82) is 0 Å². The lowest BCUT2D eigenvalue weighted by Crippen LogP contribution is -2.43. The maximum Gasteiger partial charge on any atom is 0.461 e. The zero-order valence-corrected chi connectivity index (χ0v) is 12.5. The summed E-state index contributed by atoms with van der Waals surface area (Å²) in [7, 11) is 0. The SMILES string of the molecule is O=C(C=C1CCCN1Cc1ccc(Cl)nc1)C(F)(F)C(F)(F)F. The number of hydrogen-bond donors (Lipinski definition) is 0. The van der Waals surface area contributed by atoms with Crippen LogP contribution < -0.4 is 0 Å². The number of carbonyl (C=O) groups excluding carboxylic acids is 1. The van der Waals surface area contributed by atoms with Crippen LogP contribution in [0.1, 0.15) is 18.4 Å². The van der Waals surface area contributed by atoms with Gasteiger partial charge in [-0.15, -0.1) is 0 Å². The summed E-state index contributed by atoms with van der Waals surface area (Å²) in [6, 6.07) is 3.21. The van der Waals surface area contributed by atoms with Crippen LogP contribution in [0.4, 0.5) is 22.0 Å². The first-order chi connectivity index (χ1) is 10.6. The van der Waals surface area contributed by atoms with Crippen molar-refractivity contribution in [3.05, 3.63) is 40.8 Å². The number of pyridine rings is 1. The fraction of sp³-hybridized carbons (Fsp3) is 0.429. The third-order valence-electron chi connectivity index (χ3n) is 3.39. The highest BCUT2D eigenvalue weighted by atomic mass is 35.5. The molecule has 0 spiro atoms. The maximum atomic E-state index is 13.0. The van der Waals surface area contributed by atoms with Gasteiger partial charge in [0.25, 0.3) is 0 Å². The Bertz CT molecular complexity index is 613. The van der Waals surface area contributed by atoms with E-state index in [0.29, 0.717) is 24.6 Å². The summed E-state index contributed by atoms with van der Waals surface area (Å²) in [5.41, 5.74) is 0.867. The van der Waals surface area contributed by atoms with Gasteiger partial charge in [0.05, 0.1) is 0 Å². The molecule has 0 bridgehead atoms. The molecule has 0 amide bonds. The molecule has 23 heavy (non-hydrogen) atoms. The number of hydrogen-bond acceptors (Lipinski definition) is 3. The highest BCUT2D eigenvalue weighted by Crippen LogP contribution is 2.37. The molecule has 0 saturated carbocycles. The topological polar surface area (TPSA) is 33.2 Å². The molecule has 3 nitrogen and oxygen atoms in total. The Morgan fingerprint density at radius 1 is 1.30 bits per heavy atom.